The fraction of sp³-hybridized carbons (Fsp3) is 0.235. The standard InChI is InChI=1S/C17H17NO4S/c1-22-17(19)15-7-2-3-8-16(15)23(20,21)18-14-10-9-12-5-4-6-13(12)11-14/h2-3,7-11,18H,4-6H2,1H3. The number of benzene rings is 2. The maximum atomic E-state index is 12.6. The zero-order valence-electron chi connectivity index (χ0n) is 12.7. The zero-order valence-corrected chi connectivity index (χ0v) is 13.5. The van der Waals surface area contributed by atoms with E-state index in [0.29, 0.717) is 5.69 Å². The van der Waals surface area contributed by atoms with Gasteiger partial charge in [-0.15, -0.1) is 0 Å². The molecule has 2 aromatic carbocycles. The van der Waals surface area contributed by atoms with E-state index in [1.165, 1.54) is 30.4 Å². The molecule has 6 heteroatoms. The first kappa shape index (κ1) is 15.6. The second-order valence-electron chi connectivity index (χ2n) is 5.43. The minimum atomic E-state index is -3.87. The van der Waals surface area contributed by atoms with Gasteiger partial charge in [0.25, 0.3) is 10.0 Å². The third kappa shape index (κ3) is 3.07. The van der Waals surface area contributed by atoms with Crippen LogP contribution in [0.15, 0.2) is 47.4 Å². The molecule has 0 spiro atoms. The topological polar surface area (TPSA) is 72.5 Å². The van der Waals surface area contributed by atoms with Crippen LogP contribution in [-0.4, -0.2) is 21.5 Å². The average molecular weight is 331 g/mol. The van der Waals surface area contributed by atoms with Crippen molar-refractivity contribution in [3.05, 3.63) is 59.2 Å². The van der Waals surface area contributed by atoms with Crippen molar-refractivity contribution < 1.29 is 17.9 Å². The van der Waals surface area contributed by atoms with Crippen LogP contribution in [0.2, 0.25) is 0 Å². The molecule has 0 fully saturated rings. The summed E-state index contributed by atoms with van der Waals surface area (Å²) in [4.78, 5) is 11.7. The van der Waals surface area contributed by atoms with E-state index >= 15 is 0 Å². The van der Waals surface area contributed by atoms with Gasteiger partial charge in [-0.25, -0.2) is 13.2 Å². The molecule has 3 rings (SSSR count). The lowest BCUT2D eigenvalue weighted by atomic mass is 10.1. The molecule has 1 N–H and O–H groups in total. The van der Waals surface area contributed by atoms with Crippen molar-refractivity contribution in [1.82, 2.24) is 0 Å². The number of hydrogen-bond acceptors (Lipinski definition) is 4. The van der Waals surface area contributed by atoms with E-state index < -0.39 is 16.0 Å². The summed E-state index contributed by atoms with van der Waals surface area (Å²) in [5.74, 6) is -0.681. The number of fused-ring (bicyclic) bond motifs is 1. The van der Waals surface area contributed by atoms with Crippen molar-refractivity contribution in [2.24, 2.45) is 0 Å². The minimum Gasteiger partial charge on any atom is -0.465 e. The van der Waals surface area contributed by atoms with Crippen LogP contribution < -0.4 is 4.72 Å². The molecule has 0 atom stereocenters. The van der Waals surface area contributed by atoms with Gasteiger partial charge in [-0.2, -0.15) is 0 Å². The molecule has 1 aliphatic carbocycles. The van der Waals surface area contributed by atoms with Gasteiger partial charge in [0.15, 0.2) is 0 Å². The molecule has 5 nitrogen and oxygen atoms in total. The molecule has 2 aromatic rings. The van der Waals surface area contributed by atoms with Gasteiger partial charge >= 0.3 is 5.97 Å². The molecule has 0 saturated heterocycles. The second-order valence-corrected chi connectivity index (χ2v) is 7.08. The number of rotatable bonds is 4. The lowest BCUT2D eigenvalue weighted by molar-refractivity contribution is 0.0596. The molecule has 120 valence electrons. The van der Waals surface area contributed by atoms with Crippen LogP contribution in [0, 0.1) is 0 Å². The number of esters is 1. The first-order valence-electron chi connectivity index (χ1n) is 7.33. The monoisotopic (exact) mass is 331 g/mol. The molecule has 23 heavy (non-hydrogen) atoms. The van der Waals surface area contributed by atoms with E-state index in [1.54, 1.807) is 18.2 Å². The fourth-order valence-corrected chi connectivity index (χ4v) is 4.07. The van der Waals surface area contributed by atoms with E-state index in [4.69, 9.17) is 0 Å². The van der Waals surface area contributed by atoms with Crippen molar-refractivity contribution in [3.8, 4) is 0 Å². The Labute approximate surface area is 135 Å². The molecule has 0 heterocycles. The molecule has 0 radical (unpaired) electrons. The van der Waals surface area contributed by atoms with Crippen LogP contribution in [-0.2, 0) is 27.6 Å². The highest BCUT2D eigenvalue weighted by Crippen LogP contribution is 2.27. The Bertz CT molecular complexity index is 859. The fourth-order valence-electron chi connectivity index (χ4n) is 2.83. The highest BCUT2D eigenvalue weighted by atomic mass is 32.2. The Morgan fingerprint density at radius 3 is 2.61 bits per heavy atom. The summed E-state index contributed by atoms with van der Waals surface area (Å²) in [5, 5.41) is 0. The SMILES string of the molecule is COC(=O)c1ccccc1S(=O)(=O)Nc1ccc2c(c1)CCC2. The average Bonchev–Trinajstić information content (AvgIpc) is 3.01. The molecular formula is C17H17NO4S. The number of methoxy groups -OCH3 is 1. The summed E-state index contributed by atoms with van der Waals surface area (Å²) in [7, 11) is -2.65. The molecule has 1 aliphatic rings. The summed E-state index contributed by atoms with van der Waals surface area (Å²) in [5.41, 5.74) is 2.96. The Morgan fingerprint density at radius 1 is 1.09 bits per heavy atom. The maximum Gasteiger partial charge on any atom is 0.339 e. The summed E-state index contributed by atoms with van der Waals surface area (Å²) in [6.45, 7) is 0. The third-order valence-electron chi connectivity index (χ3n) is 3.93. The number of aryl methyl sites for hydroxylation is 2. The predicted molar refractivity (Wildman–Crippen MR) is 87.1 cm³/mol. The van der Waals surface area contributed by atoms with Crippen LogP contribution in [0.4, 0.5) is 5.69 Å². The third-order valence-corrected chi connectivity index (χ3v) is 5.37. The van der Waals surface area contributed by atoms with Crippen molar-refractivity contribution in [2.45, 2.75) is 24.2 Å². The van der Waals surface area contributed by atoms with Crippen LogP contribution in [0.1, 0.15) is 27.9 Å². The summed E-state index contributed by atoms with van der Waals surface area (Å²) in [6.07, 6.45) is 3.09. The molecular weight excluding hydrogens is 314 g/mol. The van der Waals surface area contributed by atoms with Crippen LogP contribution in [0.25, 0.3) is 0 Å². The van der Waals surface area contributed by atoms with E-state index in [1.807, 2.05) is 12.1 Å². The van der Waals surface area contributed by atoms with Crippen LogP contribution >= 0.6 is 0 Å². The summed E-state index contributed by atoms with van der Waals surface area (Å²) in [6, 6.07) is 11.6. The van der Waals surface area contributed by atoms with Gasteiger partial charge in [0.2, 0.25) is 0 Å². The zero-order chi connectivity index (χ0) is 16.4. The van der Waals surface area contributed by atoms with Crippen molar-refractivity contribution >= 4 is 21.7 Å². The second kappa shape index (κ2) is 6.04. The van der Waals surface area contributed by atoms with E-state index in [-0.39, 0.29) is 10.5 Å². The summed E-state index contributed by atoms with van der Waals surface area (Å²) < 4.78 is 32.4. The van der Waals surface area contributed by atoms with Crippen molar-refractivity contribution in [1.29, 1.82) is 0 Å². The predicted octanol–water partition coefficient (Wildman–Crippen LogP) is 2.76. The smallest absolute Gasteiger partial charge is 0.339 e. The lowest BCUT2D eigenvalue weighted by Crippen LogP contribution is -2.17. The minimum absolute atomic E-state index is 0.0173. The Morgan fingerprint density at radius 2 is 1.83 bits per heavy atom. The first-order chi connectivity index (χ1) is 11.0. The molecule has 0 aliphatic heterocycles. The molecule has 0 aromatic heterocycles. The Kier molecular flexibility index (Phi) is 4.09. The first-order valence-corrected chi connectivity index (χ1v) is 8.81. The van der Waals surface area contributed by atoms with Crippen LogP contribution in [0.3, 0.4) is 0 Å². The highest BCUT2D eigenvalue weighted by molar-refractivity contribution is 7.92. The Balaban J connectivity index is 1.95. The van der Waals surface area contributed by atoms with Crippen LogP contribution in [0.5, 0.6) is 0 Å². The molecule has 0 bridgehead atoms. The number of sulfonamides is 1. The number of hydrogen-bond donors (Lipinski definition) is 1. The lowest BCUT2D eigenvalue weighted by Gasteiger charge is -2.12. The van der Waals surface area contributed by atoms with Gasteiger partial charge in [0, 0.05) is 5.69 Å². The van der Waals surface area contributed by atoms with E-state index in [9.17, 15) is 13.2 Å². The highest BCUT2D eigenvalue weighted by Gasteiger charge is 2.23. The number of ether oxygens (including phenoxy) is 1. The largest absolute Gasteiger partial charge is 0.465 e. The number of anilines is 1. The quantitative estimate of drug-likeness (QED) is 0.875. The van der Waals surface area contributed by atoms with Crippen molar-refractivity contribution in [2.75, 3.05) is 11.8 Å². The van der Waals surface area contributed by atoms with Gasteiger partial charge < -0.3 is 4.74 Å². The number of carbonyl (C=O) groups is 1. The summed E-state index contributed by atoms with van der Waals surface area (Å²) >= 11 is 0. The van der Waals surface area contributed by atoms with E-state index in [0.717, 1.165) is 19.3 Å². The number of nitrogens with one attached hydrogen (secondary N) is 1. The molecule has 0 saturated carbocycles. The normalized spacial score (nSPS) is 13.4. The van der Waals surface area contributed by atoms with Gasteiger partial charge in [0.1, 0.15) is 4.90 Å². The number of carbonyl (C=O) groups excluding carboxylic acids is 1. The molecule has 0 amide bonds. The Hall–Kier alpha value is -2.34. The maximum absolute atomic E-state index is 12.6. The van der Waals surface area contributed by atoms with Gasteiger partial charge in [-0.3, -0.25) is 4.72 Å². The van der Waals surface area contributed by atoms with Gasteiger partial charge in [-0.05, 0) is 54.7 Å². The van der Waals surface area contributed by atoms with Crippen molar-refractivity contribution in [3.63, 3.8) is 0 Å². The van der Waals surface area contributed by atoms with E-state index in [2.05, 4.69) is 9.46 Å². The molecule has 0 unspecified atom stereocenters. The van der Waals surface area contributed by atoms with Gasteiger partial charge in [0.05, 0.1) is 12.7 Å². The van der Waals surface area contributed by atoms with Gasteiger partial charge in [-0.1, -0.05) is 18.2 Å².